The van der Waals surface area contributed by atoms with Gasteiger partial charge in [-0.25, -0.2) is 0 Å². The van der Waals surface area contributed by atoms with E-state index in [1.165, 1.54) is 18.2 Å². The standard InChI is InChI=1S/C33H25F6NOS/c1-17-11-18(2)13-21(12-17)28-30-23(9-10-40-28)22-7-8-24(27(29(22)42-30)32(34,35)36)26-15-20-6-5-19(14-25(20)41-26)16-31(3,4)33(37,38)39/h5-15H,16H2,1-4H3. The highest BCUT2D eigenvalue weighted by Gasteiger charge is 2.47. The van der Waals surface area contributed by atoms with E-state index < -0.39 is 23.3 Å². The number of hydrogen-bond donors (Lipinski definition) is 0. The number of thiophene rings is 1. The van der Waals surface area contributed by atoms with Gasteiger partial charge in [-0.3, -0.25) is 4.98 Å². The van der Waals surface area contributed by atoms with Crippen LogP contribution in [0.3, 0.4) is 0 Å². The van der Waals surface area contributed by atoms with Crippen molar-refractivity contribution in [3.05, 3.63) is 89.1 Å². The molecule has 2 nitrogen and oxygen atoms in total. The van der Waals surface area contributed by atoms with Gasteiger partial charge in [-0.05, 0) is 62.2 Å². The number of benzene rings is 3. The summed E-state index contributed by atoms with van der Waals surface area (Å²) in [6, 6.07) is 16.9. The van der Waals surface area contributed by atoms with E-state index in [1.54, 1.807) is 30.5 Å². The Morgan fingerprint density at radius 2 is 1.48 bits per heavy atom. The second-order valence-corrected chi connectivity index (χ2v) is 12.4. The van der Waals surface area contributed by atoms with Gasteiger partial charge in [0.05, 0.1) is 21.4 Å². The van der Waals surface area contributed by atoms with Crippen LogP contribution in [-0.4, -0.2) is 11.2 Å². The summed E-state index contributed by atoms with van der Waals surface area (Å²) >= 11 is 1.04. The molecule has 6 rings (SSSR count). The zero-order chi connectivity index (χ0) is 30.2. The molecule has 0 aliphatic rings. The van der Waals surface area contributed by atoms with Crippen LogP contribution in [0, 0.1) is 19.3 Å². The molecule has 0 saturated heterocycles. The first-order valence-corrected chi connectivity index (χ1v) is 14.0. The predicted octanol–water partition coefficient (Wildman–Crippen LogP) is 11.3. The van der Waals surface area contributed by atoms with Gasteiger partial charge in [0.25, 0.3) is 0 Å². The summed E-state index contributed by atoms with van der Waals surface area (Å²) in [7, 11) is 0. The average Bonchev–Trinajstić information content (AvgIpc) is 3.47. The van der Waals surface area contributed by atoms with Gasteiger partial charge in [0.2, 0.25) is 0 Å². The Morgan fingerprint density at radius 1 is 0.786 bits per heavy atom. The second kappa shape index (κ2) is 9.59. The van der Waals surface area contributed by atoms with E-state index in [0.717, 1.165) is 41.9 Å². The van der Waals surface area contributed by atoms with Crippen LogP contribution in [0.4, 0.5) is 26.3 Å². The van der Waals surface area contributed by atoms with E-state index in [9.17, 15) is 26.3 Å². The highest BCUT2D eigenvalue weighted by Crippen LogP contribution is 2.49. The van der Waals surface area contributed by atoms with Crippen molar-refractivity contribution in [1.82, 2.24) is 4.98 Å². The first kappa shape index (κ1) is 28.3. The van der Waals surface area contributed by atoms with Crippen LogP contribution in [0.25, 0.3) is 53.7 Å². The molecule has 3 aromatic carbocycles. The lowest BCUT2D eigenvalue weighted by atomic mass is 9.85. The zero-order valence-corrected chi connectivity index (χ0v) is 23.9. The lowest BCUT2D eigenvalue weighted by Gasteiger charge is -2.27. The van der Waals surface area contributed by atoms with Gasteiger partial charge in [-0.15, -0.1) is 11.3 Å². The number of halogens is 6. The molecule has 42 heavy (non-hydrogen) atoms. The molecule has 0 radical (unpaired) electrons. The van der Waals surface area contributed by atoms with Crippen molar-refractivity contribution in [3.8, 4) is 22.6 Å². The Kier molecular flexibility index (Phi) is 6.46. The Hall–Kier alpha value is -3.85. The smallest absolute Gasteiger partial charge is 0.418 e. The number of aromatic nitrogens is 1. The molecule has 0 saturated carbocycles. The fourth-order valence-electron chi connectivity index (χ4n) is 5.50. The molecule has 3 heterocycles. The molecule has 6 aromatic rings. The van der Waals surface area contributed by atoms with Crippen molar-refractivity contribution in [2.24, 2.45) is 5.41 Å². The number of rotatable bonds is 4. The number of fused-ring (bicyclic) bond motifs is 4. The predicted molar refractivity (Wildman–Crippen MR) is 156 cm³/mol. The molecule has 0 amide bonds. The van der Waals surface area contributed by atoms with Crippen molar-refractivity contribution in [1.29, 1.82) is 0 Å². The Balaban J connectivity index is 1.52. The summed E-state index contributed by atoms with van der Waals surface area (Å²) in [5, 5.41) is 1.65. The van der Waals surface area contributed by atoms with E-state index in [4.69, 9.17) is 4.42 Å². The summed E-state index contributed by atoms with van der Waals surface area (Å²) in [6.07, 6.45) is -7.80. The Labute approximate surface area is 241 Å². The van der Waals surface area contributed by atoms with Crippen LogP contribution >= 0.6 is 11.3 Å². The van der Waals surface area contributed by atoms with Crippen LogP contribution in [0.1, 0.15) is 36.1 Å². The molecule has 0 unspecified atom stereocenters. The van der Waals surface area contributed by atoms with E-state index in [0.29, 0.717) is 32.1 Å². The Morgan fingerprint density at radius 3 is 2.14 bits per heavy atom. The van der Waals surface area contributed by atoms with Crippen molar-refractivity contribution < 1.29 is 30.8 Å². The third-order valence-corrected chi connectivity index (χ3v) is 8.84. The van der Waals surface area contributed by atoms with Gasteiger partial charge in [0, 0.05) is 38.2 Å². The quantitative estimate of drug-likeness (QED) is 0.189. The number of pyridine rings is 1. The van der Waals surface area contributed by atoms with Gasteiger partial charge >= 0.3 is 12.4 Å². The third-order valence-electron chi connectivity index (χ3n) is 7.60. The molecule has 216 valence electrons. The van der Waals surface area contributed by atoms with Crippen LogP contribution in [-0.2, 0) is 12.6 Å². The molecular formula is C33H25F6NOS. The number of nitrogens with zero attached hydrogens (tertiary/aromatic N) is 1. The number of furan rings is 1. The lowest BCUT2D eigenvalue weighted by molar-refractivity contribution is -0.211. The summed E-state index contributed by atoms with van der Waals surface area (Å²) < 4.78 is 91.3. The van der Waals surface area contributed by atoms with Crippen molar-refractivity contribution >= 4 is 42.5 Å². The zero-order valence-electron chi connectivity index (χ0n) is 23.1. The fraction of sp³-hybridized carbons (Fsp3) is 0.242. The summed E-state index contributed by atoms with van der Waals surface area (Å²) in [5.74, 6) is -0.00318. The minimum Gasteiger partial charge on any atom is -0.456 e. The van der Waals surface area contributed by atoms with Crippen LogP contribution in [0.5, 0.6) is 0 Å². The van der Waals surface area contributed by atoms with Crippen LogP contribution in [0.2, 0.25) is 0 Å². The molecule has 0 aliphatic heterocycles. The van der Waals surface area contributed by atoms with Crippen molar-refractivity contribution in [2.75, 3.05) is 0 Å². The topological polar surface area (TPSA) is 26.0 Å². The first-order valence-electron chi connectivity index (χ1n) is 13.2. The van der Waals surface area contributed by atoms with Crippen molar-refractivity contribution in [3.63, 3.8) is 0 Å². The molecule has 0 bridgehead atoms. The second-order valence-electron chi connectivity index (χ2n) is 11.4. The van der Waals surface area contributed by atoms with Gasteiger partial charge in [0.1, 0.15) is 11.3 Å². The minimum atomic E-state index is -4.70. The molecule has 0 fully saturated rings. The highest BCUT2D eigenvalue weighted by atomic mass is 32.1. The number of hydrogen-bond acceptors (Lipinski definition) is 3. The first-order chi connectivity index (χ1) is 19.6. The van der Waals surface area contributed by atoms with E-state index in [2.05, 4.69) is 4.98 Å². The maximum Gasteiger partial charge on any atom is 0.418 e. The SMILES string of the molecule is Cc1cc(C)cc(-c2nccc3c2sc2c(C(F)(F)F)c(-c4cc5ccc(CC(C)(C)C(F)(F)F)cc5o4)ccc23)c1. The maximum absolute atomic E-state index is 14.8. The maximum atomic E-state index is 14.8. The average molecular weight is 598 g/mol. The van der Waals surface area contributed by atoms with E-state index >= 15 is 0 Å². The molecule has 0 atom stereocenters. The van der Waals surface area contributed by atoms with E-state index in [-0.39, 0.29) is 28.0 Å². The molecule has 3 aromatic heterocycles. The highest BCUT2D eigenvalue weighted by molar-refractivity contribution is 7.26. The lowest BCUT2D eigenvalue weighted by Crippen LogP contribution is -2.34. The summed E-state index contributed by atoms with van der Waals surface area (Å²) in [4.78, 5) is 4.54. The van der Waals surface area contributed by atoms with Gasteiger partial charge in [0.15, 0.2) is 0 Å². The molecule has 0 aliphatic carbocycles. The Bertz CT molecular complexity index is 1970. The van der Waals surface area contributed by atoms with E-state index in [1.807, 2.05) is 32.0 Å². The minimum absolute atomic E-state index is 0.00318. The van der Waals surface area contributed by atoms with Gasteiger partial charge in [-0.1, -0.05) is 49.2 Å². The molecule has 0 spiro atoms. The van der Waals surface area contributed by atoms with Crippen LogP contribution in [0.15, 0.2) is 71.3 Å². The number of alkyl halides is 6. The molecular weight excluding hydrogens is 572 g/mol. The molecule has 0 N–H and O–H groups in total. The third kappa shape index (κ3) is 4.83. The van der Waals surface area contributed by atoms with Gasteiger partial charge in [-0.2, -0.15) is 26.3 Å². The van der Waals surface area contributed by atoms with Crippen molar-refractivity contribution in [2.45, 2.75) is 46.5 Å². The van der Waals surface area contributed by atoms with Crippen LogP contribution < -0.4 is 0 Å². The molecule has 9 heteroatoms. The monoisotopic (exact) mass is 597 g/mol. The largest absolute Gasteiger partial charge is 0.456 e. The summed E-state index contributed by atoms with van der Waals surface area (Å²) in [6.45, 7) is 6.15. The number of aryl methyl sites for hydroxylation is 2. The fourth-order valence-corrected chi connectivity index (χ4v) is 6.87. The normalized spacial score (nSPS) is 13.1. The van der Waals surface area contributed by atoms with Gasteiger partial charge < -0.3 is 4.42 Å². The summed E-state index contributed by atoms with van der Waals surface area (Å²) in [5.41, 5.74) is 1.20.